The Balaban J connectivity index is 2.03. The van der Waals surface area contributed by atoms with Gasteiger partial charge in [0.15, 0.2) is 5.78 Å². The molecule has 3 amide bonds. The highest BCUT2D eigenvalue weighted by Crippen LogP contribution is 2.24. The van der Waals surface area contributed by atoms with Gasteiger partial charge < -0.3 is 31.1 Å². The topological polar surface area (TPSA) is 168 Å². The third kappa shape index (κ3) is 9.92. The fourth-order valence-electron chi connectivity index (χ4n) is 5.75. The molecule has 0 unspecified atom stereocenters. The number of likely N-dealkylation sites (N-methyl/N-ethyl adjacent to an activating group) is 1. The fourth-order valence-corrected chi connectivity index (χ4v) is 5.75. The number of ether oxygens (including phenoxy) is 1. The molecule has 0 spiro atoms. The third-order valence-corrected chi connectivity index (χ3v) is 8.15. The molecule has 248 valence electrons. The van der Waals surface area contributed by atoms with Crippen LogP contribution in [0.1, 0.15) is 82.3 Å². The highest BCUT2D eigenvalue weighted by Gasteiger charge is 2.35. The summed E-state index contributed by atoms with van der Waals surface area (Å²) in [5.41, 5.74) is 7.96. The molecule has 46 heavy (non-hydrogen) atoms. The molecule has 5 N–H and O–H groups in total. The Kier molecular flexibility index (Phi) is 12.5. The summed E-state index contributed by atoms with van der Waals surface area (Å²) in [6.45, 7) is 9.03. The van der Waals surface area contributed by atoms with Crippen LogP contribution < -0.4 is 16.4 Å². The van der Waals surface area contributed by atoms with E-state index in [1.165, 1.54) is 26.1 Å². The summed E-state index contributed by atoms with van der Waals surface area (Å²) in [4.78, 5) is 68.4. The molecule has 0 fully saturated rings. The van der Waals surface area contributed by atoms with Crippen LogP contribution in [-0.4, -0.2) is 64.7 Å². The number of hydrogen-bond acceptors (Lipinski definition) is 8. The van der Waals surface area contributed by atoms with Crippen LogP contribution >= 0.6 is 0 Å². The van der Waals surface area contributed by atoms with Crippen LogP contribution in [0.3, 0.4) is 0 Å². The highest BCUT2D eigenvalue weighted by molar-refractivity contribution is 6.04. The molecule has 0 saturated carbocycles. The van der Waals surface area contributed by atoms with E-state index in [9.17, 15) is 29.1 Å². The molecule has 1 aliphatic rings. The van der Waals surface area contributed by atoms with Crippen molar-refractivity contribution in [3.63, 3.8) is 0 Å². The van der Waals surface area contributed by atoms with Crippen LogP contribution in [0.4, 0.5) is 5.69 Å². The number of amides is 3. The van der Waals surface area contributed by atoms with Gasteiger partial charge in [-0.15, -0.1) is 0 Å². The van der Waals surface area contributed by atoms with Gasteiger partial charge in [-0.05, 0) is 69.4 Å². The van der Waals surface area contributed by atoms with Crippen LogP contribution in [0.5, 0.6) is 5.75 Å². The number of carbonyl (C=O) groups excluding carboxylic acids is 5. The molecule has 0 saturated heterocycles. The molecule has 1 heterocycles. The van der Waals surface area contributed by atoms with E-state index in [-0.39, 0.29) is 35.2 Å². The van der Waals surface area contributed by atoms with E-state index in [1.807, 2.05) is 19.9 Å². The normalized spacial score (nSPS) is 26.0. The van der Waals surface area contributed by atoms with Crippen LogP contribution in [0.15, 0.2) is 60.2 Å². The van der Waals surface area contributed by atoms with Crippen molar-refractivity contribution in [2.24, 2.45) is 11.8 Å². The Bertz CT molecular complexity index is 1460. The Labute approximate surface area is 270 Å². The SMILES string of the molecule is CC1=C[C@H](C)C[C@H](C)OC(=O)C[C@H](c2ccc(O)cc2)NC(=O)[C@H](CC(=O)c2ccccc2N)N(C)C(=O)[C@H](C)NC(=O)[C@@H](C)C1. The number of phenols is 1. The number of para-hydroxylation sites is 1. The van der Waals surface area contributed by atoms with Gasteiger partial charge >= 0.3 is 5.97 Å². The van der Waals surface area contributed by atoms with Gasteiger partial charge in [0, 0.05) is 30.6 Å². The van der Waals surface area contributed by atoms with Crippen molar-refractivity contribution >= 4 is 35.2 Å². The number of cyclic esters (lactones) is 1. The van der Waals surface area contributed by atoms with Crippen molar-refractivity contribution in [2.75, 3.05) is 12.8 Å². The molecule has 6 atom stereocenters. The Morgan fingerprint density at radius 2 is 1.61 bits per heavy atom. The van der Waals surface area contributed by atoms with E-state index in [0.717, 1.165) is 10.5 Å². The average molecular weight is 635 g/mol. The Hall–Kier alpha value is -4.67. The van der Waals surface area contributed by atoms with Gasteiger partial charge in [0.25, 0.3) is 0 Å². The van der Waals surface area contributed by atoms with Crippen molar-refractivity contribution in [3.05, 3.63) is 71.3 Å². The first-order valence-corrected chi connectivity index (χ1v) is 15.6. The zero-order valence-corrected chi connectivity index (χ0v) is 27.4. The quantitative estimate of drug-likeness (QED) is 0.169. The number of carbonyl (C=O) groups is 5. The molecule has 0 aromatic heterocycles. The van der Waals surface area contributed by atoms with Gasteiger partial charge in [-0.25, -0.2) is 0 Å². The van der Waals surface area contributed by atoms with Crippen molar-refractivity contribution in [1.29, 1.82) is 0 Å². The van der Waals surface area contributed by atoms with Gasteiger partial charge in [0.2, 0.25) is 17.7 Å². The second kappa shape index (κ2) is 16.1. The number of allylic oxidation sites excluding steroid dienone is 2. The number of Topliss-reactive ketones (excluding diaryl/α,β-unsaturated/α-hetero) is 1. The first-order valence-electron chi connectivity index (χ1n) is 15.6. The van der Waals surface area contributed by atoms with Crippen LogP contribution in [0.2, 0.25) is 0 Å². The van der Waals surface area contributed by atoms with Crippen LogP contribution in [0, 0.1) is 11.8 Å². The number of rotatable bonds is 4. The number of aromatic hydroxyl groups is 1. The largest absolute Gasteiger partial charge is 0.508 e. The summed E-state index contributed by atoms with van der Waals surface area (Å²) in [7, 11) is 1.39. The van der Waals surface area contributed by atoms with E-state index >= 15 is 0 Å². The maximum absolute atomic E-state index is 14.0. The lowest BCUT2D eigenvalue weighted by atomic mass is 9.95. The van der Waals surface area contributed by atoms with Crippen molar-refractivity contribution < 1.29 is 33.8 Å². The number of nitrogens with two attached hydrogens (primary N) is 1. The van der Waals surface area contributed by atoms with Crippen molar-refractivity contribution in [1.82, 2.24) is 15.5 Å². The Morgan fingerprint density at radius 1 is 0.957 bits per heavy atom. The first-order chi connectivity index (χ1) is 21.7. The van der Waals surface area contributed by atoms with Crippen molar-refractivity contribution in [3.8, 4) is 5.75 Å². The predicted molar refractivity (Wildman–Crippen MR) is 174 cm³/mol. The van der Waals surface area contributed by atoms with Crippen LogP contribution in [-0.2, 0) is 23.9 Å². The molecule has 0 bridgehead atoms. The zero-order chi connectivity index (χ0) is 34.1. The molecule has 11 nitrogen and oxygen atoms in total. The molecule has 2 aromatic rings. The van der Waals surface area contributed by atoms with E-state index < -0.39 is 60.1 Å². The number of ketones is 1. The lowest BCUT2D eigenvalue weighted by molar-refractivity contribution is -0.149. The Morgan fingerprint density at radius 3 is 2.26 bits per heavy atom. The molecule has 0 aliphatic carbocycles. The number of benzene rings is 2. The van der Waals surface area contributed by atoms with Crippen molar-refractivity contribution in [2.45, 2.75) is 84.5 Å². The highest BCUT2D eigenvalue weighted by atomic mass is 16.5. The number of anilines is 1. The van der Waals surface area contributed by atoms with E-state index in [1.54, 1.807) is 50.2 Å². The monoisotopic (exact) mass is 634 g/mol. The fraction of sp³-hybridized carbons (Fsp3) is 0.457. The minimum Gasteiger partial charge on any atom is -0.508 e. The second-order valence-corrected chi connectivity index (χ2v) is 12.4. The number of nitrogen functional groups attached to an aromatic ring is 1. The number of esters is 1. The van der Waals surface area contributed by atoms with Gasteiger partial charge in [0.1, 0.15) is 17.8 Å². The number of phenolic OH excluding ortho intramolecular Hbond substituents is 1. The summed E-state index contributed by atoms with van der Waals surface area (Å²) >= 11 is 0. The number of nitrogens with zero attached hydrogens (tertiary/aromatic N) is 1. The molecular formula is C35H46N4O7. The average Bonchev–Trinajstić information content (AvgIpc) is 2.98. The zero-order valence-electron chi connectivity index (χ0n) is 27.4. The standard InChI is InChI=1S/C35H46N4O7/c1-20-15-21(2)17-23(4)46-32(42)18-29(25-11-13-26(40)14-12-25)38-34(44)30(19-31(41)27-9-7-8-10-28(27)36)39(6)35(45)24(5)37-33(43)22(3)16-20/h7-15,21-24,29-30,40H,16-19,36H2,1-6H3,(H,37,43)(H,38,44)/t21-,22-,23-,24-,29+,30-/m0/s1. The summed E-state index contributed by atoms with van der Waals surface area (Å²) < 4.78 is 5.72. The summed E-state index contributed by atoms with van der Waals surface area (Å²) in [5.74, 6) is -3.00. The molecule has 11 heteroatoms. The first kappa shape index (κ1) is 35.8. The molecule has 2 aromatic carbocycles. The van der Waals surface area contributed by atoms with E-state index in [0.29, 0.717) is 18.4 Å². The smallest absolute Gasteiger partial charge is 0.308 e. The minimum absolute atomic E-state index is 0.000624. The van der Waals surface area contributed by atoms with Gasteiger partial charge in [0.05, 0.1) is 18.6 Å². The lowest BCUT2D eigenvalue weighted by Crippen LogP contribution is -2.55. The van der Waals surface area contributed by atoms with Gasteiger partial charge in [-0.3, -0.25) is 24.0 Å². The summed E-state index contributed by atoms with van der Waals surface area (Å²) in [5, 5.41) is 15.4. The second-order valence-electron chi connectivity index (χ2n) is 12.4. The van der Waals surface area contributed by atoms with Crippen LogP contribution in [0.25, 0.3) is 0 Å². The molecule has 3 rings (SSSR count). The number of nitrogens with one attached hydrogen (secondary N) is 2. The third-order valence-electron chi connectivity index (χ3n) is 8.15. The summed E-state index contributed by atoms with van der Waals surface area (Å²) in [6.07, 6.45) is 1.97. The van der Waals surface area contributed by atoms with E-state index in [4.69, 9.17) is 10.5 Å². The summed E-state index contributed by atoms with van der Waals surface area (Å²) in [6, 6.07) is 9.21. The van der Waals surface area contributed by atoms with Gasteiger partial charge in [-0.1, -0.05) is 49.8 Å². The maximum Gasteiger partial charge on any atom is 0.308 e. The van der Waals surface area contributed by atoms with Gasteiger partial charge in [-0.2, -0.15) is 0 Å². The maximum atomic E-state index is 14.0. The molecule has 1 aliphatic heterocycles. The molecular weight excluding hydrogens is 588 g/mol. The van der Waals surface area contributed by atoms with E-state index in [2.05, 4.69) is 10.6 Å². The lowest BCUT2D eigenvalue weighted by Gasteiger charge is -2.31. The number of hydrogen-bond donors (Lipinski definition) is 4. The predicted octanol–water partition coefficient (Wildman–Crippen LogP) is 4.07. The minimum atomic E-state index is -1.32. The molecule has 0 radical (unpaired) electrons.